The van der Waals surface area contributed by atoms with Crippen LogP contribution in [0.15, 0.2) is 48.2 Å². The highest BCUT2D eigenvalue weighted by atomic mass is 32.1. The first kappa shape index (κ1) is 12.3. The summed E-state index contributed by atoms with van der Waals surface area (Å²) in [5.74, 6) is 0.849. The van der Waals surface area contributed by atoms with E-state index in [0.29, 0.717) is 0 Å². The molecule has 0 saturated carbocycles. The average molecular weight is 295 g/mol. The number of aromatic nitrogens is 3. The highest BCUT2D eigenvalue weighted by Gasteiger charge is 2.06. The summed E-state index contributed by atoms with van der Waals surface area (Å²) in [4.78, 5) is 8.75. The number of rotatable bonds is 3. The third-order valence-corrected chi connectivity index (χ3v) is 4.37. The van der Waals surface area contributed by atoms with Crippen molar-refractivity contribution in [2.45, 2.75) is 6.54 Å². The molecule has 0 radical (unpaired) electrons. The van der Waals surface area contributed by atoms with E-state index in [-0.39, 0.29) is 0 Å². The molecule has 4 nitrogen and oxygen atoms in total. The normalized spacial score (nSPS) is 11.3. The topological polar surface area (TPSA) is 39.9 Å². The molecule has 2 heterocycles. The Morgan fingerprint density at radius 1 is 1.10 bits per heavy atom. The highest BCUT2D eigenvalue weighted by Crippen LogP contribution is 2.23. The fraction of sp³-hybridized carbons (Fsp3) is 0.125. The molecule has 0 saturated heterocycles. The SMILES string of the molecule is COc1ccc2ncn(Cc3ccc4ncsc4c3)c2c1. The van der Waals surface area contributed by atoms with E-state index in [1.54, 1.807) is 18.4 Å². The van der Waals surface area contributed by atoms with Gasteiger partial charge in [0.05, 0.1) is 40.2 Å². The Kier molecular flexibility index (Phi) is 2.86. The molecule has 21 heavy (non-hydrogen) atoms. The smallest absolute Gasteiger partial charge is 0.121 e. The lowest BCUT2D eigenvalue weighted by Gasteiger charge is -2.06. The molecule has 5 heteroatoms. The van der Waals surface area contributed by atoms with Crippen LogP contribution in [0.1, 0.15) is 5.56 Å². The molecule has 0 aliphatic carbocycles. The summed E-state index contributed by atoms with van der Waals surface area (Å²) < 4.78 is 8.65. The van der Waals surface area contributed by atoms with Gasteiger partial charge in [0.25, 0.3) is 0 Å². The van der Waals surface area contributed by atoms with Crippen LogP contribution in [0.5, 0.6) is 5.75 Å². The van der Waals surface area contributed by atoms with Crippen LogP contribution in [0.3, 0.4) is 0 Å². The third kappa shape index (κ3) is 2.15. The Bertz CT molecular complexity index is 925. The lowest BCUT2D eigenvalue weighted by molar-refractivity contribution is 0.415. The van der Waals surface area contributed by atoms with E-state index in [0.717, 1.165) is 28.8 Å². The van der Waals surface area contributed by atoms with Gasteiger partial charge in [-0.15, -0.1) is 11.3 Å². The van der Waals surface area contributed by atoms with Crippen molar-refractivity contribution in [1.82, 2.24) is 14.5 Å². The zero-order chi connectivity index (χ0) is 14.2. The van der Waals surface area contributed by atoms with Gasteiger partial charge in [0.1, 0.15) is 5.75 Å². The lowest BCUT2D eigenvalue weighted by atomic mass is 10.2. The number of benzene rings is 2. The standard InChI is InChI=1S/C16H13N3OS/c1-20-12-3-5-13-15(7-12)19(9-17-13)8-11-2-4-14-16(6-11)21-10-18-14/h2-7,9-10H,8H2,1H3. The van der Waals surface area contributed by atoms with Gasteiger partial charge in [-0.2, -0.15) is 0 Å². The van der Waals surface area contributed by atoms with E-state index in [1.165, 1.54) is 10.3 Å². The van der Waals surface area contributed by atoms with Gasteiger partial charge in [-0.3, -0.25) is 0 Å². The van der Waals surface area contributed by atoms with Crippen molar-refractivity contribution in [3.63, 3.8) is 0 Å². The molecule has 0 atom stereocenters. The van der Waals surface area contributed by atoms with Crippen LogP contribution in [0.4, 0.5) is 0 Å². The number of fused-ring (bicyclic) bond motifs is 2. The molecule has 0 aliphatic heterocycles. The molecule has 4 aromatic rings. The molecule has 0 amide bonds. The van der Waals surface area contributed by atoms with Crippen LogP contribution >= 0.6 is 11.3 Å². The van der Waals surface area contributed by atoms with Gasteiger partial charge in [-0.1, -0.05) is 6.07 Å². The molecule has 0 fully saturated rings. The van der Waals surface area contributed by atoms with Gasteiger partial charge in [0.15, 0.2) is 0 Å². The van der Waals surface area contributed by atoms with Gasteiger partial charge in [0.2, 0.25) is 0 Å². The minimum absolute atomic E-state index is 0.789. The van der Waals surface area contributed by atoms with Gasteiger partial charge in [0, 0.05) is 12.6 Å². The van der Waals surface area contributed by atoms with Crippen molar-refractivity contribution in [1.29, 1.82) is 0 Å². The number of hydrogen-bond acceptors (Lipinski definition) is 4. The number of hydrogen-bond donors (Lipinski definition) is 0. The molecule has 0 aliphatic rings. The molecule has 0 unspecified atom stereocenters. The van der Waals surface area contributed by atoms with E-state index < -0.39 is 0 Å². The van der Waals surface area contributed by atoms with Gasteiger partial charge in [-0.05, 0) is 29.8 Å². The average Bonchev–Trinajstić information content (AvgIpc) is 3.13. The summed E-state index contributed by atoms with van der Waals surface area (Å²) in [5, 5.41) is 0. The first-order chi connectivity index (χ1) is 10.3. The zero-order valence-corrected chi connectivity index (χ0v) is 12.3. The molecular weight excluding hydrogens is 282 g/mol. The number of thiazole rings is 1. The van der Waals surface area contributed by atoms with Gasteiger partial charge >= 0.3 is 0 Å². The molecule has 2 aromatic carbocycles. The molecule has 2 aromatic heterocycles. The first-order valence-corrected chi connectivity index (χ1v) is 7.52. The van der Waals surface area contributed by atoms with E-state index in [4.69, 9.17) is 4.74 Å². The maximum absolute atomic E-state index is 5.30. The summed E-state index contributed by atoms with van der Waals surface area (Å²) >= 11 is 1.67. The predicted molar refractivity (Wildman–Crippen MR) is 85.0 cm³/mol. The lowest BCUT2D eigenvalue weighted by Crippen LogP contribution is -1.97. The van der Waals surface area contributed by atoms with E-state index in [9.17, 15) is 0 Å². The number of nitrogens with zero attached hydrogens (tertiary/aromatic N) is 3. The van der Waals surface area contributed by atoms with Crippen molar-refractivity contribution in [2.24, 2.45) is 0 Å². The number of methoxy groups -OCH3 is 1. The largest absolute Gasteiger partial charge is 0.497 e. The molecular formula is C16H13N3OS. The summed E-state index contributed by atoms with van der Waals surface area (Å²) in [6.07, 6.45) is 1.88. The van der Waals surface area contributed by atoms with Crippen LogP contribution in [-0.2, 0) is 6.54 Å². The van der Waals surface area contributed by atoms with Crippen molar-refractivity contribution < 1.29 is 4.74 Å². The van der Waals surface area contributed by atoms with E-state index >= 15 is 0 Å². The van der Waals surface area contributed by atoms with Crippen LogP contribution < -0.4 is 4.74 Å². The van der Waals surface area contributed by atoms with Crippen molar-refractivity contribution in [2.75, 3.05) is 7.11 Å². The second-order valence-electron chi connectivity index (χ2n) is 4.88. The van der Waals surface area contributed by atoms with E-state index in [1.807, 2.05) is 30.0 Å². The molecule has 0 N–H and O–H groups in total. The van der Waals surface area contributed by atoms with E-state index in [2.05, 4.69) is 32.7 Å². The maximum atomic E-state index is 5.30. The molecule has 0 spiro atoms. The van der Waals surface area contributed by atoms with Crippen LogP contribution in [0.2, 0.25) is 0 Å². The minimum Gasteiger partial charge on any atom is -0.497 e. The minimum atomic E-state index is 0.789. The summed E-state index contributed by atoms with van der Waals surface area (Å²) in [7, 11) is 1.68. The first-order valence-electron chi connectivity index (χ1n) is 6.64. The number of imidazole rings is 1. The molecule has 0 bridgehead atoms. The maximum Gasteiger partial charge on any atom is 0.121 e. The fourth-order valence-electron chi connectivity index (χ4n) is 2.48. The van der Waals surface area contributed by atoms with Crippen LogP contribution in [0.25, 0.3) is 21.3 Å². The highest BCUT2D eigenvalue weighted by molar-refractivity contribution is 7.16. The Balaban J connectivity index is 1.75. The van der Waals surface area contributed by atoms with Crippen molar-refractivity contribution in [3.05, 3.63) is 53.8 Å². The number of ether oxygens (including phenoxy) is 1. The second kappa shape index (κ2) is 4.86. The Morgan fingerprint density at radius 3 is 2.90 bits per heavy atom. The molecule has 4 rings (SSSR count). The van der Waals surface area contributed by atoms with Crippen molar-refractivity contribution >= 4 is 32.6 Å². The van der Waals surface area contributed by atoms with Crippen LogP contribution in [0, 0.1) is 0 Å². The quantitative estimate of drug-likeness (QED) is 0.578. The monoisotopic (exact) mass is 295 g/mol. The predicted octanol–water partition coefficient (Wildman–Crippen LogP) is 3.70. The Morgan fingerprint density at radius 2 is 2.00 bits per heavy atom. The fourth-order valence-corrected chi connectivity index (χ4v) is 3.22. The zero-order valence-electron chi connectivity index (χ0n) is 11.5. The van der Waals surface area contributed by atoms with Crippen molar-refractivity contribution in [3.8, 4) is 5.75 Å². The summed E-state index contributed by atoms with van der Waals surface area (Å²) in [6, 6.07) is 12.3. The second-order valence-corrected chi connectivity index (χ2v) is 5.77. The third-order valence-electron chi connectivity index (χ3n) is 3.58. The van der Waals surface area contributed by atoms with Crippen LogP contribution in [-0.4, -0.2) is 21.6 Å². The van der Waals surface area contributed by atoms with Gasteiger partial charge in [-0.25, -0.2) is 9.97 Å². The molecule has 104 valence electrons. The summed E-state index contributed by atoms with van der Waals surface area (Å²) in [6.45, 7) is 0.789. The van der Waals surface area contributed by atoms with Gasteiger partial charge < -0.3 is 9.30 Å². The Labute approximate surface area is 125 Å². The Hall–Kier alpha value is -2.40. The summed E-state index contributed by atoms with van der Waals surface area (Å²) in [5.41, 5.74) is 6.24.